The maximum Gasteiger partial charge on any atom is 0.140 e. The van der Waals surface area contributed by atoms with Crippen LogP contribution in [0.2, 0.25) is 10.0 Å². The van der Waals surface area contributed by atoms with Crippen LogP contribution in [0.25, 0.3) is 22.4 Å². The van der Waals surface area contributed by atoms with E-state index in [9.17, 15) is 0 Å². The Morgan fingerprint density at radius 1 is 1.11 bits per heavy atom. The number of imidazole rings is 1. The van der Waals surface area contributed by atoms with E-state index in [4.69, 9.17) is 23.2 Å². The maximum absolute atomic E-state index is 6.25. The number of rotatable bonds is 1. The Morgan fingerprint density at radius 3 is 2.78 bits per heavy atom. The third kappa shape index (κ3) is 2.03. The van der Waals surface area contributed by atoms with Crippen LogP contribution in [0.4, 0.5) is 0 Å². The van der Waals surface area contributed by atoms with E-state index in [0.717, 1.165) is 26.9 Å². The number of aromatic amines is 1. The van der Waals surface area contributed by atoms with Crippen LogP contribution in [0.15, 0.2) is 40.9 Å². The molecule has 0 fully saturated rings. The first-order chi connectivity index (χ1) is 8.65. The zero-order chi connectivity index (χ0) is 12.7. The number of fused-ring (bicyclic) bond motifs is 1. The van der Waals surface area contributed by atoms with E-state index >= 15 is 0 Å². The Hall–Kier alpha value is -1.03. The smallest absolute Gasteiger partial charge is 0.140 e. The van der Waals surface area contributed by atoms with Gasteiger partial charge in [0.25, 0.3) is 0 Å². The quantitative estimate of drug-likeness (QED) is 0.639. The molecule has 3 aromatic rings. The van der Waals surface area contributed by atoms with Crippen molar-refractivity contribution < 1.29 is 0 Å². The second-order valence-corrected chi connectivity index (χ2v) is 5.52. The topological polar surface area (TPSA) is 28.7 Å². The lowest BCUT2D eigenvalue weighted by Crippen LogP contribution is -1.82. The van der Waals surface area contributed by atoms with E-state index in [1.807, 2.05) is 36.4 Å². The number of H-pyrrole nitrogens is 1. The molecule has 18 heavy (non-hydrogen) atoms. The highest BCUT2D eigenvalue weighted by molar-refractivity contribution is 9.10. The summed E-state index contributed by atoms with van der Waals surface area (Å²) in [7, 11) is 0. The van der Waals surface area contributed by atoms with E-state index in [2.05, 4.69) is 25.9 Å². The highest BCUT2D eigenvalue weighted by Crippen LogP contribution is 2.33. The predicted molar refractivity (Wildman–Crippen MR) is 79.2 cm³/mol. The normalized spacial score (nSPS) is 11.1. The van der Waals surface area contributed by atoms with E-state index in [1.165, 1.54) is 0 Å². The number of hydrogen-bond acceptors (Lipinski definition) is 1. The average molecular weight is 342 g/mol. The highest BCUT2D eigenvalue weighted by atomic mass is 79.9. The zero-order valence-corrected chi connectivity index (χ0v) is 12.1. The van der Waals surface area contributed by atoms with Crippen molar-refractivity contribution in [1.29, 1.82) is 0 Å². The fourth-order valence-electron chi connectivity index (χ4n) is 1.80. The Labute approximate surface area is 122 Å². The van der Waals surface area contributed by atoms with Crippen LogP contribution in [-0.4, -0.2) is 9.97 Å². The van der Waals surface area contributed by atoms with Gasteiger partial charge in [-0.2, -0.15) is 0 Å². The van der Waals surface area contributed by atoms with Crippen molar-refractivity contribution in [1.82, 2.24) is 9.97 Å². The molecule has 0 radical (unpaired) electrons. The van der Waals surface area contributed by atoms with Crippen LogP contribution >= 0.6 is 39.1 Å². The molecule has 0 atom stereocenters. The summed E-state index contributed by atoms with van der Waals surface area (Å²) in [5.74, 6) is 0.735. The molecule has 5 heteroatoms. The minimum Gasteiger partial charge on any atom is -0.338 e. The van der Waals surface area contributed by atoms with Crippen molar-refractivity contribution in [2.45, 2.75) is 0 Å². The fraction of sp³-hybridized carbons (Fsp3) is 0. The molecule has 1 N–H and O–H groups in total. The first-order valence-corrected chi connectivity index (χ1v) is 6.80. The molecule has 1 aromatic heterocycles. The summed E-state index contributed by atoms with van der Waals surface area (Å²) in [5.41, 5.74) is 2.62. The fourth-order valence-corrected chi connectivity index (χ4v) is 2.55. The van der Waals surface area contributed by atoms with Gasteiger partial charge in [-0.3, -0.25) is 0 Å². The molecule has 0 saturated carbocycles. The Bertz CT molecular complexity index is 737. The van der Waals surface area contributed by atoms with Gasteiger partial charge in [-0.15, -0.1) is 0 Å². The predicted octanol–water partition coefficient (Wildman–Crippen LogP) is 5.30. The van der Waals surface area contributed by atoms with Crippen LogP contribution in [-0.2, 0) is 0 Å². The van der Waals surface area contributed by atoms with Gasteiger partial charge in [-0.25, -0.2) is 4.98 Å². The highest BCUT2D eigenvalue weighted by Gasteiger charge is 2.10. The molecule has 0 aliphatic rings. The van der Waals surface area contributed by atoms with E-state index < -0.39 is 0 Å². The Kier molecular flexibility index (Phi) is 3.06. The summed E-state index contributed by atoms with van der Waals surface area (Å²) >= 11 is 15.6. The molecule has 2 aromatic carbocycles. The lowest BCUT2D eigenvalue weighted by molar-refractivity contribution is 1.33. The number of aromatic nitrogens is 2. The molecule has 90 valence electrons. The molecule has 0 bridgehead atoms. The minimum absolute atomic E-state index is 0.641. The lowest BCUT2D eigenvalue weighted by atomic mass is 10.2. The summed E-state index contributed by atoms with van der Waals surface area (Å²) in [6.45, 7) is 0. The van der Waals surface area contributed by atoms with Crippen LogP contribution in [0.3, 0.4) is 0 Å². The van der Waals surface area contributed by atoms with E-state index in [0.29, 0.717) is 10.0 Å². The van der Waals surface area contributed by atoms with Gasteiger partial charge in [0.2, 0.25) is 0 Å². The van der Waals surface area contributed by atoms with Gasteiger partial charge in [-0.05, 0) is 46.3 Å². The molecule has 3 rings (SSSR count). The molecule has 0 aliphatic heterocycles. The van der Waals surface area contributed by atoms with Gasteiger partial charge in [0.15, 0.2) is 0 Å². The summed E-state index contributed by atoms with van der Waals surface area (Å²) in [4.78, 5) is 7.73. The third-order valence-corrected chi connectivity index (χ3v) is 4.18. The molecule has 0 amide bonds. The molecule has 2 nitrogen and oxygen atoms in total. The molecule has 0 spiro atoms. The van der Waals surface area contributed by atoms with Crippen molar-refractivity contribution in [3.05, 3.63) is 50.9 Å². The van der Waals surface area contributed by atoms with Crippen molar-refractivity contribution in [3.63, 3.8) is 0 Å². The van der Waals surface area contributed by atoms with Gasteiger partial charge >= 0.3 is 0 Å². The SMILES string of the molecule is Clc1ccc2nc(-c3cccc(Br)c3Cl)[nH]c2c1. The van der Waals surface area contributed by atoms with Crippen molar-refractivity contribution >= 4 is 50.2 Å². The van der Waals surface area contributed by atoms with Gasteiger partial charge in [0.05, 0.1) is 16.1 Å². The first kappa shape index (κ1) is 12.0. The van der Waals surface area contributed by atoms with Crippen LogP contribution in [0, 0.1) is 0 Å². The van der Waals surface area contributed by atoms with Crippen LogP contribution in [0.1, 0.15) is 0 Å². The summed E-state index contributed by atoms with van der Waals surface area (Å²) in [6, 6.07) is 11.3. The molecule has 0 saturated heterocycles. The summed E-state index contributed by atoms with van der Waals surface area (Å²) < 4.78 is 0.847. The van der Waals surface area contributed by atoms with Gasteiger partial charge in [-0.1, -0.05) is 29.3 Å². The number of nitrogens with zero attached hydrogens (tertiary/aromatic N) is 1. The van der Waals surface area contributed by atoms with E-state index in [-0.39, 0.29) is 0 Å². The van der Waals surface area contributed by atoms with Crippen LogP contribution in [0.5, 0.6) is 0 Å². The Morgan fingerprint density at radius 2 is 1.94 bits per heavy atom. The average Bonchev–Trinajstić information content (AvgIpc) is 2.75. The van der Waals surface area contributed by atoms with Crippen molar-refractivity contribution in [2.24, 2.45) is 0 Å². The monoisotopic (exact) mass is 340 g/mol. The summed E-state index contributed by atoms with van der Waals surface area (Å²) in [6.07, 6.45) is 0. The van der Waals surface area contributed by atoms with Crippen molar-refractivity contribution in [2.75, 3.05) is 0 Å². The van der Waals surface area contributed by atoms with Crippen LogP contribution < -0.4 is 0 Å². The second-order valence-electron chi connectivity index (χ2n) is 3.85. The largest absolute Gasteiger partial charge is 0.338 e. The maximum atomic E-state index is 6.25. The number of halogens is 3. The van der Waals surface area contributed by atoms with E-state index in [1.54, 1.807) is 0 Å². The standard InChI is InChI=1S/C13H7BrCl2N2/c14-9-3-1-2-8(12(9)16)13-17-10-5-4-7(15)6-11(10)18-13/h1-6H,(H,17,18). The lowest BCUT2D eigenvalue weighted by Gasteiger charge is -2.01. The third-order valence-electron chi connectivity index (χ3n) is 2.65. The number of benzene rings is 2. The minimum atomic E-state index is 0.641. The molecular weight excluding hydrogens is 335 g/mol. The number of hydrogen-bond donors (Lipinski definition) is 1. The zero-order valence-electron chi connectivity index (χ0n) is 9.05. The molecule has 0 aliphatic carbocycles. The summed E-state index contributed by atoms with van der Waals surface area (Å²) in [5, 5.41) is 1.32. The molecule has 0 unspecified atom stereocenters. The van der Waals surface area contributed by atoms with Crippen molar-refractivity contribution in [3.8, 4) is 11.4 Å². The number of nitrogens with one attached hydrogen (secondary N) is 1. The molecular formula is C13H7BrCl2N2. The van der Waals surface area contributed by atoms with Gasteiger partial charge < -0.3 is 4.98 Å². The van der Waals surface area contributed by atoms with Gasteiger partial charge in [0, 0.05) is 15.1 Å². The molecule has 1 heterocycles. The van der Waals surface area contributed by atoms with Gasteiger partial charge in [0.1, 0.15) is 5.82 Å². The second kappa shape index (κ2) is 4.57. The first-order valence-electron chi connectivity index (χ1n) is 5.25. The Balaban J connectivity index is 2.22.